The Labute approximate surface area is 83.2 Å². The Balaban J connectivity index is 3.08. The summed E-state index contributed by atoms with van der Waals surface area (Å²) in [6.45, 7) is 0. The van der Waals surface area contributed by atoms with Gasteiger partial charge in [-0.3, -0.25) is 0 Å². The molecule has 0 unspecified atom stereocenters. The SMILES string of the molecule is COC(=O)c1cc(OC)nc(Br)n1. The van der Waals surface area contributed by atoms with Crippen molar-refractivity contribution in [2.75, 3.05) is 14.2 Å². The number of esters is 1. The molecule has 0 aliphatic heterocycles. The zero-order valence-corrected chi connectivity index (χ0v) is 8.66. The van der Waals surface area contributed by atoms with Crippen LogP contribution in [0.4, 0.5) is 0 Å². The van der Waals surface area contributed by atoms with E-state index in [-0.39, 0.29) is 10.4 Å². The number of halogens is 1. The van der Waals surface area contributed by atoms with Crippen LogP contribution in [0.5, 0.6) is 5.88 Å². The zero-order valence-electron chi connectivity index (χ0n) is 7.07. The topological polar surface area (TPSA) is 61.3 Å². The molecule has 5 nitrogen and oxygen atoms in total. The second kappa shape index (κ2) is 4.18. The summed E-state index contributed by atoms with van der Waals surface area (Å²) in [4.78, 5) is 18.7. The molecule has 0 spiro atoms. The number of carbonyl (C=O) groups is 1. The smallest absolute Gasteiger partial charge is 0.356 e. The standard InChI is InChI=1S/C7H7BrN2O3/c1-12-5-3-4(6(11)13-2)9-7(8)10-5/h3H,1-2H3. The Morgan fingerprint density at radius 1 is 1.46 bits per heavy atom. The van der Waals surface area contributed by atoms with Crippen LogP contribution in [0.3, 0.4) is 0 Å². The molecule has 0 aliphatic rings. The van der Waals surface area contributed by atoms with Gasteiger partial charge in [0.15, 0.2) is 5.69 Å². The molecule has 1 aromatic rings. The van der Waals surface area contributed by atoms with Gasteiger partial charge in [0, 0.05) is 6.07 Å². The monoisotopic (exact) mass is 246 g/mol. The molecule has 0 aromatic carbocycles. The highest BCUT2D eigenvalue weighted by molar-refractivity contribution is 9.10. The van der Waals surface area contributed by atoms with Crippen LogP contribution >= 0.6 is 15.9 Å². The van der Waals surface area contributed by atoms with E-state index in [1.165, 1.54) is 20.3 Å². The van der Waals surface area contributed by atoms with Gasteiger partial charge in [0.05, 0.1) is 14.2 Å². The normalized spacial score (nSPS) is 9.46. The average molecular weight is 247 g/mol. The molecule has 6 heteroatoms. The van der Waals surface area contributed by atoms with Crippen LogP contribution in [-0.4, -0.2) is 30.2 Å². The van der Waals surface area contributed by atoms with Crippen molar-refractivity contribution in [2.24, 2.45) is 0 Å². The third-order valence-corrected chi connectivity index (χ3v) is 1.63. The van der Waals surface area contributed by atoms with Crippen molar-refractivity contribution in [3.63, 3.8) is 0 Å². The fourth-order valence-corrected chi connectivity index (χ4v) is 1.08. The maximum Gasteiger partial charge on any atom is 0.356 e. The number of ether oxygens (including phenoxy) is 2. The Kier molecular flexibility index (Phi) is 3.18. The van der Waals surface area contributed by atoms with E-state index in [1.54, 1.807) is 0 Å². The number of hydrogen-bond acceptors (Lipinski definition) is 5. The lowest BCUT2D eigenvalue weighted by Crippen LogP contribution is -2.06. The molecule has 0 fully saturated rings. The van der Waals surface area contributed by atoms with Crippen molar-refractivity contribution >= 4 is 21.9 Å². The minimum atomic E-state index is -0.526. The number of hydrogen-bond donors (Lipinski definition) is 0. The lowest BCUT2D eigenvalue weighted by Gasteiger charge is -2.01. The largest absolute Gasteiger partial charge is 0.481 e. The van der Waals surface area contributed by atoms with Crippen LogP contribution in [0.2, 0.25) is 0 Å². The van der Waals surface area contributed by atoms with Gasteiger partial charge in [0.1, 0.15) is 0 Å². The first-order valence-electron chi connectivity index (χ1n) is 3.34. The van der Waals surface area contributed by atoms with Gasteiger partial charge in [-0.15, -0.1) is 0 Å². The third kappa shape index (κ3) is 2.38. The van der Waals surface area contributed by atoms with Crippen LogP contribution in [0.15, 0.2) is 10.8 Å². The summed E-state index contributed by atoms with van der Waals surface area (Å²) in [5, 5.41) is 0. The van der Waals surface area contributed by atoms with Crippen LogP contribution in [0, 0.1) is 0 Å². The Hall–Kier alpha value is -1.17. The summed E-state index contributed by atoms with van der Waals surface area (Å²) < 4.78 is 9.61. The van der Waals surface area contributed by atoms with Crippen molar-refractivity contribution < 1.29 is 14.3 Å². The molecule has 1 heterocycles. The van der Waals surface area contributed by atoms with Crippen LogP contribution in [0.25, 0.3) is 0 Å². The van der Waals surface area contributed by atoms with Crippen molar-refractivity contribution in [2.45, 2.75) is 0 Å². The fraction of sp³-hybridized carbons (Fsp3) is 0.286. The zero-order chi connectivity index (χ0) is 9.84. The molecule has 0 amide bonds. The maximum absolute atomic E-state index is 11.0. The molecule has 70 valence electrons. The summed E-state index contributed by atoms with van der Waals surface area (Å²) in [5.41, 5.74) is 0.154. The molecular formula is C7H7BrN2O3. The number of rotatable bonds is 2. The predicted octanol–water partition coefficient (Wildman–Crippen LogP) is 1.03. The van der Waals surface area contributed by atoms with E-state index in [0.29, 0.717) is 5.88 Å². The Morgan fingerprint density at radius 2 is 2.15 bits per heavy atom. The molecule has 0 aliphatic carbocycles. The van der Waals surface area contributed by atoms with Gasteiger partial charge in [-0.25, -0.2) is 9.78 Å². The van der Waals surface area contributed by atoms with Crippen LogP contribution < -0.4 is 4.74 Å². The molecule has 0 saturated heterocycles. The van der Waals surface area contributed by atoms with Gasteiger partial charge in [-0.2, -0.15) is 4.98 Å². The van der Waals surface area contributed by atoms with E-state index in [9.17, 15) is 4.79 Å². The van der Waals surface area contributed by atoms with Gasteiger partial charge >= 0.3 is 5.97 Å². The van der Waals surface area contributed by atoms with Gasteiger partial charge in [0.2, 0.25) is 10.6 Å². The second-order valence-electron chi connectivity index (χ2n) is 2.06. The van der Waals surface area contributed by atoms with E-state index < -0.39 is 5.97 Å². The molecule has 0 radical (unpaired) electrons. The van der Waals surface area contributed by atoms with E-state index >= 15 is 0 Å². The fourth-order valence-electron chi connectivity index (χ4n) is 0.711. The van der Waals surface area contributed by atoms with Gasteiger partial charge < -0.3 is 9.47 Å². The first-order valence-corrected chi connectivity index (χ1v) is 4.13. The summed E-state index contributed by atoms with van der Waals surface area (Å²) in [5.74, 6) is -0.219. The van der Waals surface area contributed by atoms with E-state index in [4.69, 9.17) is 4.74 Å². The lowest BCUT2D eigenvalue weighted by molar-refractivity contribution is 0.0593. The predicted molar refractivity (Wildman–Crippen MR) is 47.6 cm³/mol. The summed E-state index contributed by atoms with van der Waals surface area (Å²) >= 11 is 3.04. The molecule has 13 heavy (non-hydrogen) atoms. The summed E-state index contributed by atoms with van der Waals surface area (Å²) in [6.07, 6.45) is 0. The lowest BCUT2D eigenvalue weighted by atomic mass is 10.4. The van der Waals surface area contributed by atoms with Crippen molar-refractivity contribution in [1.29, 1.82) is 0 Å². The number of carbonyl (C=O) groups excluding carboxylic acids is 1. The Morgan fingerprint density at radius 3 is 2.69 bits per heavy atom. The van der Waals surface area contributed by atoms with Gasteiger partial charge in [0.25, 0.3) is 0 Å². The minimum absolute atomic E-state index is 0.154. The first-order chi connectivity index (χ1) is 6.17. The van der Waals surface area contributed by atoms with Crippen molar-refractivity contribution in [3.8, 4) is 5.88 Å². The second-order valence-corrected chi connectivity index (χ2v) is 2.77. The number of aromatic nitrogens is 2. The third-order valence-electron chi connectivity index (χ3n) is 1.28. The molecular weight excluding hydrogens is 240 g/mol. The highest BCUT2D eigenvalue weighted by atomic mass is 79.9. The van der Waals surface area contributed by atoms with Gasteiger partial charge in [-0.05, 0) is 15.9 Å². The quantitative estimate of drug-likeness (QED) is 0.577. The number of methoxy groups -OCH3 is 2. The molecule has 1 aromatic heterocycles. The molecule has 0 N–H and O–H groups in total. The van der Waals surface area contributed by atoms with E-state index in [0.717, 1.165) is 0 Å². The summed E-state index contributed by atoms with van der Waals surface area (Å²) in [7, 11) is 2.74. The molecule has 0 bridgehead atoms. The van der Waals surface area contributed by atoms with Gasteiger partial charge in [-0.1, -0.05) is 0 Å². The van der Waals surface area contributed by atoms with Crippen LogP contribution in [0.1, 0.15) is 10.5 Å². The highest BCUT2D eigenvalue weighted by Gasteiger charge is 2.10. The average Bonchev–Trinajstić information content (AvgIpc) is 2.15. The molecule has 1 rings (SSSR count). The van der Waals surface area contributed by atoms with Crippen molar-refractivity contribution in [1.82, 2.24) is 9.97 Å². The maximum atomic E-state index is 11.0. The van der Waals surface area contributed by atoms with E-state index in [1.807, 2.05) is 0 Å². The Bertz CT molecular complexity index is 330. The van der Waals surface area contributed by atoms with Crippen molar-refractivity contribution in [3.05, 3.63) is 16.5 Å². The molecule has 0 atom stereocenters. The highest BCUT2D eigenvalue weighted by Crippen LogP contribution is 2.12. The summed E-state index contributed by atoms with van der Waals surface area (Å²) in [6, 6.07) is 1.40. The number of nitrogens with zero attached hydrogens (tertiary/aromatic N) is 2. The first kappa shape index (κ1) is 9.91. The van der Waals surface area contributed by atoms with Crippen LogP contribution in [-0.2, 0) is 4.74 Å². The molecule has 0 saturated carbocycles. The van der Waals surface area contributed by atoms with E-state index in [2.05, 4.69) is 30.6 Å². The minimum Gasteiger partial charge on any atom is -0.481 e.